The van der Waals surface area contributed by atoms with Crippen LogP contribution in [-0.2, 0) is 9.53 Å². The molecule has 1 aliphatic heterocycles. The Morgan fingerprint density at radius 2 is 2.07 bits per heavy atom. The summed E-state index contributed by atoms with van der Waals surface area (Å²) in [6.07, 6.45) is 5.40. The largest absolute Gasteiger partial charge is 0.379 e. The third-order valence-electron chi connectivity index (χ3n) is 5.69. The number of hydrogen-bond donors (Lipinski definition) is 0. The first-order valence-corrected chi connectivity index (χ1v) is 11.0. The van der Waals surface area contributed by atoms with Crippen molar-refractivity contribution in [1.29, 1.82) is 0 Å². The molecular weight excluding hydrogens is 358 g/mol. The van der Waals surface area contributed by atoms with Crippen LogP contribution in [-0.4, -0.2) is 55.2 Å². The third kappa shape index (κ3) is 4.50. The molecule has 2 aromatic rings. The number of aromatic nitrogens is 1. The van der Waals surface area contributed by atoms with Crippen LogP contribution < -0.4 is 4.90 Å². The molecule has 2 fully saturated rings. The monoisotopic (exact) mass is 387 g/mol. The van der Waals surface area contributed by atoms with Crippen molar-refractivity contribution in [2.24, 2.45) is 5.92 Å². The predicted octanol–water partition coefficient (Wildman–Crippen LogP) is 3.85. The molecule has 1 amide bonds. The van der Waals surface area contributed by atoms with Gasteiger partial charge >= 0.3 is 0 Å². The molecule has 27 heavy (non-hydrogen) atoms. The molecule has 0 spiro atoms. The normalized spacial score (nSPS) is 19.0. The van der Waals surface area contributed by atoms with E-state index in [-0.39, 0.29) is 11.8 Å². The third-order valence-corrected chi connectivity index (χ3v) is 6.73. The van der Waals surface area contributed by atoms with Crippen LogP contribution in [0.4, 0.5) is 5.13 Å². The van der Waals surface area contributed by atoms with Gasteiger partial charge in [0.15, 0.2) is 5.13 Å². The lowest BCUT2D eigenvalue weighted by Gasteiger charge is -2.28. The number of thiazole rings is 1. The molecule has 2 heterocycles. The van der Waals surface area contributed by atoms with Crippen molar-refractivity contribution >= 4 is 32.6 Å². The van der Waals surface area contributed by atoms with Gasteiger partial charge in [-0.05, 0) is 43.9 Å². The highest BCUT2D eigenvalue weighted by molar-refractivity contribution is 7.22. The average Bonchev–Trinajstić information content (AvgIpc) is 3.35. The summed E-state index contributed by atoms with van der Waals surface area (Å²) >= 11 is 1.65. The molecule has 146 valence electrons. The van der Waals surface area contributed by atoms with E-state index >= 15 is 0 Å². The maximum Gasteiger partial charge on any atom is 0.231 e. The first-order chi connectivity index (χ1) is 13.2. The second-order valence-corrected chi connectivity index (χ2v) is 8.76. The molecule has 4 rings (SSSR count). The zero-order valence-corrected chi connectivity index (χ0v) is 17.0. The van der Waals surface area contributed by atoms with Crippen molar-refractivity contribution in [2.45, 2.75) is 39.0 Å². The van der Waals surface area contributed by atoms with E-state index in [1.54, 1.807) is 11.3 Å². The molecular formula is C21H29N3O2S. The molecule has 2 aliphatic rings. The van der Waals surface area contributed by atoms with E-state index in [4.69, 9.17) is 9.72 Å². The Hall–Kier alpha value is -1.50. The van der Waals surface area contributed by atoms with E-state index in [2.05, 4.69) is 30.0 Å². The average molecular weight is 388 g/mol. The zero-order valence-electron chi connectivity index (χ0n) is 16.2. The lowest BCUT2D eigenvalue weighted by atomic mass is 10.1. The summed E-state index contributed by atoms with van der Waals surface area (Å²) in [5, 5.41) is 0.870. The predicted molar refractivity (Wildman–Crippen MR) is 111 cm³/mol. The summed E-state index contributed by atoms with van der Waals surface area (Å²) in [5.41, 5.74) is 2.23. The van der Waals surface area contributed by atoms with Crippen LogP contribution in [0.5, 0.6) is 0 Å². The van der Waals surface area contributed by atoms with Crippen LogP contribution in [0.3, 0.4) is 0 Å². The lowest BCUT2D eigenvalue weighted by molar-refractivity contribution is -0.122. The summed E-state index contributed by atoms with van der Waals surface area (Å²) in [7, 11) is 0. The van der Waals surface area contributed by atoms with Gasteiger partial charge in [0.25, 0.3) is 0 Å². The molecule has 0 atom stereocenters. The van der Waals surface area contributed by atoms with Gasteiger partial charge in [0.1, 0.15) is 0 Å². The topological polar surface area (TPSA) is 45.7 Å². The molecule has 0 radical (unpaired) electrons. The van der Waals surface area contributed by atoms with Gasteiger partial charge in [0.05, 0.1) is 23.4 Å². The lowest BCUT2D eigenvalue weighted by Crippen LogP contribution is -2.40. The fraction of sp³-hybridized carbons (Fsp3) is 0.619. The standard InChI is InChI=1S/C21H29N3O2S/c1-16-7-8-18-19(15-16)27-21(22-18)24(20(25)17-5-2-3-6-17)10-4-9-23-11-13-26-14-12-23/h7-8,15,17H,2-6,9-14H2,1H3. The number of fused-ring (bicyclic) bond motifs is 1. The Bertz CT molecular complexity index is 779. The number of rotatable bonds is 6. The molecule has 0 bridgehead atoms. The summed E-state index contributed by atoms with van der Waals surface area (Å²) in [6, 6.07) is 6.33. The number of hydrogen-bond acceptors (Lipinski definition) is 5. The van der Waals surface area contributed by atoms with Crippen molar-refractivity contribution in [2.75, 3.05) is 44.3 Å². The number of anilines is 1. The Kier molecular flexibility index (Phi) is 6.05. The van der Waals surface area contributed by atoms with Gasteiger partial charge in [-0.25, -0.2) is 4.98 Å². The minimum atomic E-state index is 0.183. The summed E-state index contributed by atoms with van der Waals surface area (Å²) in [6.45, 7) is 7.51. The highest BCUT2D eigenvalue weighted by Crippen LogP contribution is 2.33. The molecule has 0 N–H and O–H groups in total. The Morgan fingerprint density at radius 1 is 1.30 bits per heavy atom. The Labute approximate surface area is 165 Å². The van der Waals surface area contributed by atoms with Gasteiger partial charge in [-0.2, -0.15) is 0 Å². The Morgan fingerprint density at radius 3 is 2.85 bits per heavy atom. The molecule has 5 nitrogen and oxygen atoms in total. The molecule has 1 aliphatic carbocycles. The zero-order chi connectivity index (χ0) is 18.6. The van der Waals surface area contributed by atoms with Crippen LogP contribution in [0.1, 0.15) is 37.7 Å². The number of amides is 1. The van der Waals surface area contributed by atoms with Crippen molar-refractivity contribution in [3.8, 4) is 0 Å². The van der Waals surface area contributed by atoms with E-state index in [0.29, 0.717) is 0 Å². The quantitative estimate of drug-likeness (QED) is 0.755. The SMILES string of the molecule is Cc1ccc2nc(N(CCCN3CCOCC3)C(=O)C3CCCC3)sc2c1. The Balaban J connectivity index is 1.49. The summed E-state index contributed by atoms with van der Waals surface area (Å²) < 4.78 is 6.60. The van der Waals surface area contributed by atoms with E-state index in [1.165, 1.54) is 23.1 Å². The van der Waals surface area contributed by atoms with Gasteiger partial charge < -0.3 is 4.74 Å². The van der Waals surface area contributed by atoms with Crippen molar-refractivity contribution in [3.05, 3.63) is 23.8 Å². The first-order valence-electron chi connectivity index (χ1n) is 10.2. The fourth-order valence-corrected chi connectivity index (χ4v) is 5.20. The van der Waals surface area contributed by atoms with Crippen LogP contribution in [0.15, 0.2) is 18.2 Å². The van der Waals surface area contributed by atoms with E-state index in [0.717, 1.165) is 69.3 Å². The van der Waals surface area contributed by atoms with Crippen molar-refractivity contribution in [3.63, 3.8) is 0 Å². The van der Waals surface area contributed by atoms with Gasteiger partial charge in [-0.15, -0.1) is 0 Å². The molecule has 6 heteroatoms. The van der Waals surface area contributed by atoms with Gasteiger partial charge in [0.2, 0.25) is 5.91 Å². The molecule has 1 saturated heterocycles. The molecule has 1 aromatic heterocycles. The second kappa shape index (κ2) is 8.67. The highest BCUT2D eigenvalue weighted by atomic mass is 32.1. The smallest absolute Gasteiger partial charge is 0.231 e. The van der Waals surface area contributed by atoms with Gasteiger partial charge in [-0.1, -0.05) is 30.2 Å². The maximum atomic E-state index is 13.2. The van der Waals surface area contributed by atoms with Crippen LogP contribution >= 0.6 is 11.3 Å². The van der Waals surface area contributed by atoms with Crippen LogP contribution in [0.25, 0.3) is 10.2 Å². The van der Waals surface area contributed by atoms with Crippen molar-refractivity contribution < 1.29 is 9.53 Å². The first kappa shape index (κ1) is 18.8. The van der Waals surface area contributed by atoms with Crippen LogP contribution in [0, 0.1) is 12.8 Å². The summed E-state index contributed by atoms with van der Waals surface area (Å²) in [5.74, 6) is 0.465. The van der Waals surface area contributed by atoms with Gasteiger partial charge in [-0.3, -0.25) is 14.6 Å². The number of carbonyl (C=O) groups excluding carboxylic acids is 1. The number of nitrogens with zero attached hydrogens (tertiary/aromatic N) is 3. The number of carbonyl (C=O) groups is 1. The number of morpholine rings is 1. The van der Waals surface area contributed by atoms with E-state index in [1.807, 2.05) is 4.90 Å². The minimum Gasteiger partial charge on any atom is -0.379 e. The molecule has 1 saturated carbocycles. The van der Waals surface area contributed by atoms with E-state index in [9.17, 15) is 4.79 Å². The maximum absolute atomic E-state index is 13.2. The second-order valence-electron chi connectivity index (χ2n) is 7.75. The number of benzene rings is 1. The number of ether oxygens (including phenoxy) is 1. The van der Waals surface area contributed by atoms with Crippen LogP contribution in [0.2, 0.25) is 0 Å². The summed E-state index contributed by atoms with van der Waals surface area (Å²) in [4.78, 5) is 22.4. The number of aryl methyl sites for hydroxylation is 1. The fourth-order valence-electron chi connectivity index (χ4n) is 4.11. The molecule has 0 unspecified atom stereocenters. The minimum absolute atomic E-state index is 0.183. The van der Waals surface area contributed by atoms with E-state index < -0.39 is 0 Å². The molecule has 1 aromatic carbocycles. The van der Waals surface area contributed by atoms with Gasteiger partial charge in [0, 0.05) is 32.1 Å². The van der Waals surface area contributed by atoms with Crippen molar-refractivity contribution in [1.82, 2.24) is 9.88 Å². The highest BCUT2D eigenvalue weighted by Gasteiger charge is 2.29.